The number of aliphatic hydroxyl groups excluding tert-OH is 2. The van der Waals surface area contributed by atoms with Gasteiger partial charge < -0.3 is 20.3 Å². The molecule has 6 heteroatoms. The summed E-state index contributed by atoms with van der Waals surface area (Å²) in [6.07, 6.45) is 77.1. The number of unbranched alkanes of at least 4 members (excludes halogenated alkanes) is 54. The zero-order chi connectivity index (χ0) is 53.6. The summed E-state index contributed by atoms with van der Waals surface area (Å²) in [6.45, 7) is 5.00. The van der Waals surface area contributed by atoms with Crippen LogP contribution in [0.4, 0.5) is 0 Å². The summed E-state index contributed by atoms with van der Waals surface area (Å²) in [6, 6.07) is -0.539. The second-order valence-corrected chi connectivity index (χ2v) is 23.9. The summed E-state index contributed by atoms with van der Waals surface area (Å²) >= 11 is 0. The van der Waals surface area contributed by atoms with Gasteiger partial charge >= 0.3 is 5.97 Å². The number of nitrogens with one attached hydrogen (secondary N) is 1. The van der Waals surface area contributed by atoms with Crippen LogP contribution in [-0.2, 0) is 14.3 Å². The van der Waals surface area contributed by atoms with Crippen LogP contribution in [-0.4, -0.2) is 47.4 Å². The summed E-state index contributed by atoms with van der Waals surface area (Å²) < 4.78 is 5.49. The Morgan fingerprint density at radius 2 is 0.554 bits per heavy atom. The van der Waals surface area contributed by atoms with Gasteiger partial charge in [0.1, 0.15) is 0 Å². The Hall–Kier alpha value is -1.14. The predicted octanol–water partition coefficient (Wildman–Crippen LogP) is 21.8. The zero-order valence-electron chi connectivity index (χ0n) is 50.6. The molecule has 2 unspecified atom stereocenters. The summed E-state index contributed by atoms with van der Waals surface area (Å²) in [5, 5.41) is 23.4. The van der Waals surface area contributed by atoms with Crippen molar-refractivity contribution in [3.63, 3.8) is 0 Å². The van der Waals surface area contributed by atoms with Crippen molar-refractivity contribution in [2.45, 2.75) is 411 Å². The van der Waals surface area contributed by atoms with Crippen LogP contribution in [0.2, 0.25) is 0 Å². The molecule has 0 aliphatic carbocycles. The molecule has 6 nitrogen and oxygen atoms in total. The molecule has 3 N–H and O–H groups in total. The molecule has 442 valence electrons. The van der Waals surface area contributed by atoms with Gasteiger partial charge in [0, 0.05) is 12.8 Å². The normalized spacial score (nSPS) is 12.4. The first-order valence-electron chi connectivity index (χ1n) is 34.3. The lowest BCUT2D eigenvalue weighted by Crippen LogP contribution is -2.45. The fourth-order valence-electron chi connectivity index (χ4n) is 11.2. The van der Waals surface area contributed by atoms with Crippen molar-refractivity contribution in [1.82, 2.24) is 5.32 Å². The molecule has 0 fully saturated rings. The number of ether oxygens (including phenoxy) is 1. The molecule has 1 amide bonds. The van der Waals surface area contributed by atoms with Gasteiger partial charge in [-0.25, -0.2) is 0 Å². The minimum atomic E-state index is -0.662. The molecule has 0 aromatic rings. The molecule has 0 saturated carbocycles. The quantitative estimate of drug-likeness (QED) is 0.0417. The standard InChI is InChI=1S/C68H135NO5/c1-3-5-7-9-11-13-15-17-18-19-30-33-37-40-44-48-52-56-60-66(71)65(64-70)69-67(72)61-57-53-49-45-41-38-34-31-28-26-24-22-20-21-23-25-27-29-32-35-39-43-47-51-55-59-63-74-68(73)62-58-54-50-46-42-36-16-14-12-10-8-6-4-2/h65-66,70-71H,3-64H2,1-2H3,(H,69,72). The van der Waals surface area contributed by atoms with E-state index in [1.54, 1.807) is 0 Å². The van der Waals surface area contributed by atoms with E-state index in [-0.39, 0.29) is 18.5 Å². The third-order valence-corrected chi connectivity index (χ3v) is 16.4. The molecule has 2 atom stereocenters. The molecule has 0 saturated heterocycles. The molecule has 0 aromatic heterocycles. The maximum Gasteiger partial charge on any atom is 0.305 e. The van der Waals surface area contributed by atoms with Gasteiger partial charge in [0.15, 0.2) is 0 Å². The van der Waals surface area contributed by atoms with Gasteiger partial charge in [0.25, 0.3) is 0 Å². The summed E-state index contributed by atoms with van der Waals surface area (Å²) in [4.78, 5) is 24.6. The number of amides is 1. The average molecular weight is 1050 g/mol. The Balaban J connectivity index is 3.34. The summed E-state index contributed by atoms with van der Waals surface area (Å²) in [5.41, 5.74) is 0. The van der Waals surface area contributed by atoms with Crippen molar-refractivity contribution in [3.05, 3.63) is 0 Å². The highest BCUT2D eigenvalue weighted by Crippen LogP contribution is 2.19. The van der Waals surface area contributed by atoms with Crippen molar-refractivity contribution >= 4 is 11.9 Å². The Kier molecular flexibility index (Phi) is 63.4. The van der Waals surface area contributed by atoms with Gasteiger partial charge in [0.2, 0.25) is 5.91 Å². The molecule has 0 aliphatic heterocycles. The molecule has 0 aromatic carbocycles. The summed E-state index contributed by atoms with van der Waals surface area (Å²) in [5.74, 6) is -0.00806. The molecular weight excluding hydrogens is 911 g/mol. The minimum absolute atomic E-state index is 0.0200. The maximum atomic E-state index is 12.5. The Bertz CT molecular complexity index is 1070. The Labute approximate surface area is 464 Å². The number of esters is 1. The topological polar surface area (TPSA) is 95.9 Å². The van der Waals surface area contributed by atoms with Crippen molar-refractivity contribution in [1.29, 1.82) is 0 Å². The highest BCUT2D eigenvalue weighted by molar-refractivity contribution is 5.76. The van der Waals surface area contributed by atoms with Gasteiger partial charge in [-0.1, -0.05) is 361 Å². The second kappa shape index (κ2) is 64.4. The van der Waals surface area contributed by atoms with E-state index in [0.717, 1.165) is 38.5 Å². The van der Waals surface area contributed by atoms with E-state index < -0.39 is 12.1 Å². The van der Waals surface area contributed by atoms with Gasteiger partial charge in [-0.3, -0.25) is 9.59 Å². The first-order chi connectivity index (χ1) is 36.5. The number of hydrogen-bond acceptors (Lipinski definition) is 5. The lowest BCUT2D eigenvalue weighted by Gasteiger charge is -2.22. The zero-order valence-corrected chi connectivity index (χ0v) is 50.6. The minimum Gasteiger partial charge on any atom is -0.466 e. The van der Waals surface area contributed by atoms with Gasteiger partial charge in [0.05, 0.1) is 25.4 Å². The smallest absolute Gasteiger partial charge is 0.305 e. The molecule has 0 bridgehead atoms. The first-order valence-corrected chi connectivity index (χ1v) is 34.3. The van der Waals surface area contributed by atoms with Crippen LogP contribution in [0.1, 0.15) is 399 Å². The van der Waals surface area contributed by atoms with Crippen LogP contribution in [0.3, 0.4) is 0 Å². The fraction of sp³-hybridized carbons (Fsp3) is 0.971. The van der Waals surface area contributed by atoms with Gasteiger partial charge in [-0.05, 0) is 25.7 Å². The van der Waals surface area contributed by atoms with Crippen molar-refractivity contribution in [3.8, 4) is 0 Å². The number of aliphatic hydroxyl groups is 2. The predicted molar refractivity (Wildman–Crippen MR) is 324 cm³/mol. The molecule has 0 aliphatic rings. The van der Waals surface area contributed by atoms with Gasteiger partial charge in [-0.15, -0.1) is 0 Å². The van der Waals surface area contributed by atoms with Crippen LogP contribution >= 0.6 is 0 Å². The number of carbonyl (C=O) groups is 2. The van der Waals surface area contributed by atoms with E-state index in [0.29, 0.717) is 25.9 Å². The Morgan fingerprint density at radius 3 is 0.824 bits per heavy atom. The van der Waals surface area contributed by atoms with E-state index in [2.05, 4.69) is 19.2 Å². The van der Waals surface area contributed by atoms with Crippen molar-refractivity contribution in [2.24, 2.45) is 0 Å². The van der Waals surface area contributed by atoms with Crippen LogP contribution in [0.25, 0.3) is 0 Å². The monoisotopic (exact) mass is 1050 g/mol. The molecular formula is C68H135NO5. The van der Waals surface area contributed by atoms with Gasteiger partial charge in [-0.2, -0.15) is 0 Å². The number of hydrogen-bond donors (Lipinski definition) is 3. The lowest BCUT2D eigenvalue weighted by atomic mass is 10.0. The van der Waals surface area contributed by atoms with E-state index >= 15 is 0 Å². The van der Waals surface area contributed by atoms with E-state index in [1.165, 1.54) is 327 Å². The van der Waals surface area contributed by atoms with Crippen LogP contribution in [0.5, 0.6) is 0 Å². The molecule has 74 heavy (non-hydrogen) atoms. The van der Waals surface area contributed by atoms with Crippen molar-refractivity contribution < 1.29 is 24.5 Å². The molecule has 0 radical (unpaired) electrons. The first kappa shape index (κ1) is 72.9. The number of carbonyl (C=O) groups excluding carboxylic acids is 2. The second-order valence-electron chi connectivity index (χ2n) is 23.9. The van der Waals surface area contributed by atoms with Crippen molar-refractivity contribution in [2.75, 3.05) is 13.2 Å². The highest BCUT2D eigenvalue weighted by atomic mass is 16.5. The summed E-state index contributed by atoms with van der Waals surface area (Å²) in [7, 11) is 0. The maximum absolute atomic E-state index is 12.5. The van der Waals surface area contributed by atoms with Crippen LogP contribution in [0.15, 0.2) is 0 Å². The third kappa shape index (κ3) is 60.1. The molecule has 0 spiro atoms. The van der Waals surface area contributed by atoms with Crippen LogP contribution < -0.4 is 5.32 Å². The fourth-order valence-corrected chi connectivity index (χ4v) is 11.2. The molecule has 0 rings (SSSR count). The van der Waals surface area contributed by atoms with Crippen LogP contribution in [0, 0.1) is 0 Å². The third-order valence-electron chi connectivity index (χ3n) is 16.4. The van der Waals surface area contributed by atoms with E-state index in [9.17, 15) is 19.8 Å². The lowest BCUT2D eigenvalue weighted by molar-refractivity contribution is -0.143. The highest BCUT2D eigenvalue weighted by Gasteiger charge is 2.20. The van der Waals surface area contributed by atoms with E-state index in [1.807, 2.05) is 0 Å². The van der Waals surface area contributed by atoms with E-state index in [4.69, 9.17) is 4.74 Å². The SMILES string of the molecule is CCCCCCCCCCCCCCCCCCCCC(O)C(CO)NC(=O)CCCCCCCCCCCCCCCCCCCCCCCCCCCCOC(=O)CCCCCCCCCCCCCCC. The average Bonchev–Trinajstić information content (AvgIpc) is 3.40. The molecule has 0 heterocycles. The Morgan fingerprint density at radius 1 is 0.324 bits per heavy atom. The number of rotatable bonds is 65. The largest absolute Gasteiger partial charge is 0.466 e.